The van der Waals surface area contributed by atoms with Crippen LogP contribution in [0.25, 0.3) is 11.3 Å². The van der Waals surface area contributed by atoms with Crippen molar-refractivity contribution in [2.45, 2.75) is 0 Å². The highest BCUT2D eigenvalue weighted by Crippen LogP contribution is 2.31. The Kier molecular flexibility index (Phi) is 3.49. The first kappa shape index (κ1) is 11.7. The number of rotatable bonds is 3. The van der Waals surface area contributed by atoms with Gasteiger partial charge in [0.25, 0.3) is 0 Å². The van der Waals surface area contributed by atoms with E-state index in [-0.39, 0.29) is 0 Å². The molecule has 1 aromatic carbocycles. The van der Waals surface area contributed by atoms with E-state index in [1.54, 1.807) is 26.5 Å². The summed E-state index contributed by atoms with van der Waals surface area (Å²) in [6, 6.07) is 9.18. The lowest BCUT2D eigenvalue weighted by Crippen LogP contribution is -1.91. The molecule has 0 aliphatic heterocycles. The lowest BCUT2D eigenvalue weighted by atomic mass is 10.1. The minimum Gasteiger partial charge on any atom is -0.493 e. The molecule has 0 atom stereocenters. The van der Waals surface area contributed by atoms with Crippen LogP contribution in [0.15, 0.2) is 36.5 Å². The molecule has 0 amide bonds. The molecule has 0 saturated carbocycles. The summed E-state index contributed by atoms with van der Waals surface area (Å²) in [6.07, 6.45) is 1.67. The van der Waals surface area contributed by atoms with Crippen LogP contribution in [0.1, 0.15) is 0 Å². The van der Waals surface area contributed by atoms with Gasteiger partial charge in [-0.2, -0.15) is 0 Å². The number of ether oxygens (including phenoxy) is 2. The number of aromatic nitrogens is 1. The molecule has 3 nitrogen and oxygen atoms in total. The van der Waals surface area contributed by atoms with Crippen LogP contribution in [0, 0.1) is 0 Å². The van der Waals surface area contributed by atoms with Crippen molar-refractivity contribution in [3.05, 3.63) is 41.6 Å². The number of hydrogen-bond donors (Lipinski definition) is 0. The summed E-state index contributed by atoms with van der Waals surface area (Å²) in [4.78, 5) is 4.26. The standard InChI is InChI=1S/C13H12ClNO2/c1-16-12-4-3-9(7-13(12)17-2)11-8-10(14)5-6-15-11/h3-8H,1-2H3. The van der Waals surface area contributed by atoms with Gasteiger partial charge < -0.3 is 9.47 Å². The number of hydrogen-bond acceptors (Lipinski definition) is 3. The third-order valence-electron chi connectivity index (χ3n) is 2.40. The van der Waals surface area contributed by atoms with Gasteiger partial charge in [0.15, 0.2) is 11.5 Å². The first-order valence-corrected chi connectivity index (χ1v) is 5.46. The quantitative estimate of drug-likeness (QED) is 0.835. The van der Waals surface area contributed by atoms with E-state index in [1.165, 1.54) is 0 Å². The summed E-state index contributed by atoms with van der Waals surface area (Å²) in [5.41, 5.74) is 1.74. The molecule has 2 aromatic rings. The van der Waals surface area contributed by atoms with Crippen LogP contribution < -0.4 is 9.47 Å². The Morgan fingerprint density at radius 2 is 1.76 bits per heavy atom. The number of methoxy groups -OCH3 is 2. The average Bonchev–Trinajstić information content (AvgIpc) is 2.38. The van der Waals surface area contributed by atoms with Crippen molar-refractivity contribution >= 4 is 11.6 Å². The first-order valence-electron chi connectivity index (χ1n) is 5.08. The fourth-order valence-corrected chi connectivity index (χ4v) is 1.72. The second-order valence-corrected chi connectivity index (χ2v) is 3.87. The Morgan fingerprint density at radius 3 is 2.41 bits per heavy atom. The molecule has 4 heteroatoms. The molecule has 2 rings (SSSR count). The molecule has 1 aromatic heterocycles. The van der Waals surface area contributed by atoms with Crippen LogP contribution in [0.5, 0.6) is 11.5 Å². The number of nitrogens with zero attached hydrogens (tertiary/aromatic N) is 1. The van der Waals surface area contributed by atoms with Gasteiger partial charge in [0, 0.05) is 16.8 Å². The summed E-state index contributed by atoms with van der Waals surface area (Å²) < 4.78 is 10.4. The topological polar surface area (TPSA) is 31.4 Å². The predicted octanol–water partition coefficient (Wildman–Crippen LogP) is 3.42. The molecule has 0 aliphatic rings. The molecule has 0 aliphatic carbocycles. The molecule has 0 radical (unpaired) electrons. The van der Waals surface area contributed by atoms with Crippen molar-refractivity contribution in [3.63, 3.8) is 0 Å². The second kappa shape index (κ2) is 5.06. The molecule has 0 fully saturated rings. The fourth-order valence-electron chi connectivity index (χ4n) is 1.56. The molecule has 17 heavy (non-hydrogen) atoms. The highest BCUT2D eigenvalue weighted by molar-refractivity contribution is 6.30. The van der Waals surface area contributed by atoms with E-state index in [1.807, 2.05) is 24.3 Å². The number of benzene rings is 1. The van der Waals surface area contributed by atoms with E-state index in [0.29, 0.717) is 16.5 Å². The van der Waals surface area contributed by atoms with Crippen molar-refractivity contribution in [2.24, 2.45) is 0 Å². The first-order chi connectivity index (χ1) is 8.24. The van der Waals surface area contributed by atoms with E-state index in [4.69, 9.17) is 21.1 Å². The molecular weight excluding hydrogens is 238 g/mol. The summed E-state index contributed by atoms with van der Waals surface area (Å²) in [5, 5.41) is 0.657. The zero-order valence-electron chi connectivity index (χ0n) is 9.61. The Hall–Kier alpha value is -1.74. The van der Waals surface area contributed by atoms with E-state index < -0.39 is 0 Å². The van der Waals surface area contributed by atoms with E-state index in [9.17, 15) is 0 Å². The van der Waals surface area contributed by atoms with Gasteiger partial charge in [-0.15, -0.1) is 0 Å². The van der Waals surface area contributed by atoms with Crippen molar-refractivity contribution in [1.29, 1.82) is 0 Å². The van der Waals surface area contributed by atoms with Gasteiger partial charge in [0.05, 0.1) is 19.9 Å². The van der Waals surface area contributed by atoms with E-state index in [2.05, 4.69) is 4.98 Å². The van der Waals surface area contributed by atoms with Gasteiger partial charge in [0.1, 0.15) is 0 Å². The maximum atomic E-state index is 5.93. The second-order valence-electron chi connectivity index (χ2n) is 3.43. The van der Waals surface area contributed by atoms with Gasteiger partial charge in [-0.05, 0) is 30.3 Å². The average molecular weight is 250 g/mol. The van der Waals surface area contributed by atoms with Gasteiger partial charge in [-0.1, -0.05) is 11.6 Å². The lowest BCUT2D eigenvalue weighted by molar-refractivity contribution is 0.355. The third kappa shape index (κ3) is 2.50. The van der Waals surface area contributed by atoms with Gasteiger partial charge >= 0.3 is 0 Å². The molecule has 0 bridgehead atoms. The molecule has 0 spiro atoms. The Labute approximate surface area is 105 Å². The van der Waals surface area contributed by atoms with Crippen molar-refractivity contribution in [2.75, 3.05) is 14.2 Å². The maximum Gasteiger partial charge on any atom is 0.161 e. The maximum absolute atomic E-state index is 5.93. The summed E-state index contributed by atoms with van der Waals surface area (Å²) in [6.45, 7) is 0. The number of halogens is 1. The SMILES string of the molecule is COc1ccc(-c2cc(Cl)ccn2)cc1OC. The predicted molar refractivity (Wildman–Crippen MR) is 67.8 cm³/mol. The Morgan fingerprint density at radius 1 is 1.00 bits per heavy atom. The van der Waals surface area contributed by atoms with Gasteiger partial charge in [0.2, 0.25) is 0 Å². The summed E-state index contributed by atoms with van der Waals surface area (Å²) >= 11 is 5.93. The van der Waals surface area contributed by atoms with Crippen LogP contribution in [0.2, 0.25) is 5.02 Å². The van der Waals surface area contributed by atoms with E-state index in [0.717, 1.165) is 11.3 Å². The van der Waals surface area contributed by atoms with Crippen molar-refractivity contribution < 1.29 is 9.47 Å². The highest BCUT2D eigenvalue weighted by atomic mass is 35.5. The minimum absolute atomic E-state index is 0.657. The monoisotopic (exact) mass is 249 g/mol. The van der Waals surface area contributed by atoms with E-state index >= 15 is 0 Å². The van der Waals surface area contributed by atoms with Crippen molar-refractivity contribution in [3.8, 4) is 22.8 Å². The highest BCUT2D eigenvalue weighted by Gasteiger charge is 2.07. The van der Waals surface area contributed by atoms with Crippen LogP contribution >= 0.6 is 11.6 Å². The summed E-state index contributed by atoms with van der Waals surface area (Å²) in [5.74, 6) is 1.37. The molecule has 0 unspecified atom stereocenters. The fraction of sp³-hybridized carbons (Fsp3) is 0.154. The molecule has 1 heterocycles. The normalized spacial score (nSPS) is 10.1. The van der Waals surface area contributed by atoms with Crippen LogP contribution in [0.3, 0.4) is 0 Å². The van der Waals surface area contributed by atoms with Gasteiger partial charge in [-0.3, -0.25) is 4.98 Å². The van der Waals surface area contributed by atoms with Gasteiger partial charge in [-0.25, -0.2) is 0 Å². The molecule has 88 valence electrons. The van der Waals surface area contributed by atoms with Crippen LogP contribution in [-0.2, 0) is 0 Å². The smallest absolute Gasteiger partial charge is 0.161 e. The minimum atomic E-state index is 0.657. The lowest BCUT2D eigenvalue weighted by Gasteiger charge is -2.09. The van der Waals surface area contributed by atoms with Crippen LogP contribution in [-0.4, -0.2) is 19.2 Å². The van der Waals surface area contributed by atoms with Crippen molar-refractivity contribution in [1.82, 2.24) is 4.98 Å². The third-order valence-corrected chi connectivity index (χ3v) is 2.64. The zero-order valence-corrected chi connectivity index (χ0v) is 10.4. The molecule has 0 saturated heterocycles. The largest absolute Gasteiger partial charge is 0.493 e. The number of pyridine rings is 1. The molecular formula is C13H12ClNO2. The van der Waals surface area contributed by atoms with Crippen LogP contribution in [0.4, 0.5) is 0 Å². The molecule has 0 N–H and O–H groups in total. The Bertz CT molecular complexity index is 529. The Balaban J connectivity index is 2.46. The zero-order chi connectivity index (χ0) is 12.3. The summed E-state index contributed by atoms with van der Waals surface area (Å²) in [7, 11) is 3.21.